The Morgan fingerprint density at radius 1 is 1.08 bits per heavy atom. The second-order valence-electron chi connectivity index (χ2n) is 6.04. The number of likely N-dealkylation sites (tertiary alicyclic amines) is 1. The van der Waals surface area contributed by atoms with Gasteiger partial charge >= 0.3 is 12.2 Å². The topological polar surface area (TPSA) is 47.5 Å². The summed E-state index contributed by atoms with van der Waals surface area (Å²) in [7, 11) is 0. The van der Waals surface area contributed by atoms with Crippen LogP contribution in [0.2, 0.25) is 0 Å². The molecule has 2 aromatic rings. The maximum Gasteiger partial charge on any atom is 0.433 e. The predicted octanol–water partition coefficient (Wildman–Crippen LogP) is 3.42. The second-order valence-corrected chi connectivity index (χ2v) is 6.04. The van der Waals surface area contributed by atoms with Gasteiger partial charge in [0.25, 0.3) is 0 Å². The van der Waals surface area contributed by atoms with Gasteiger partial charge in [-0.3, -0.25) is 4.90 Å². The van der Waals surface area contributed by atoms with E-state index in [2.05, 4.69) is 14.9 Å². The number of halogens is 3. The molecule has 0 bridgehead atoms. The summed E-state index contributed by atoms with van der Waals surface area (Å²) in [6, 6.07) is 10.2. The Kier molecular flexibility index (Phi) is 5.92. The predicted molar refractivity (Wildman–Crippen MR) is 89.1 cm³/mol. The van der Waals surface area contributed by atoms with Crippen molar-refractivity contribution in [2.75, 3.05) is 26.2 Å². The molecule has 0 spiro atoms. The van der Waals surface area contributed by atoms with Crippen LogP contribution in [-0.4, -0.2) is 47.2 Å². The highest BCUT2D eigenvalue weighted by atomic mass is 19.4. The molecule has 1 aliphatic rings. The fourth-order valence-corrected chi connectivity index (χ4v) is 2.76. The third-order valence-electron chi connectivity index (χ3n) is 4.15. The largest absolute Gasteiger partial charge is 0.492 e. The molecular weight excluding hydrogens is 347 g/mol. The van der Waals surface area contributed by atoms with E-state index in [0.29, 0.717) is 19.4 Å². The molecule has 26 heavy (non-hydrogen) atoms. The van der Waals surface area contributed by atoms with Crippen LogP contribution in [0.15, 0.2) is 42.6 Å². The number of para-hydroxylation sites is 1. The van der Waals surface area contributed by atoms with E-state index in [1.54, 1.807) is 0 Å². The molecule has 5 nitrogen and oxygen atoms in total. The maximum atomic E-state index is 12.7. The molecular formula is C18H20F3N3O2. The fraction of sp³-hybridized carbons (Fsp3) is 0.444. The maximum absolute atomic E-state index is 12.7. The zero-order chi connectivity index (χ0) is 18.4. The molecule has 1 fully saturated rings. The van der Waals surface area contributed by atoms with Crippen LogP contribution in [-0.2, 0) is 6.18 Å². The Bertz CT molecular complexity index is 690. The van der Waals surface area contributed by atoms with E-state index >= 15 is 0 Å². The smallest absolute Gasteiger partial charge is 0.433 e. The van der Waals surface area contributed by atoms with Gasteiger partial charge in [-0.2, -0.15) is 18.2 Å². The second kappa shape index (κ2) is 8.35. The number of piperidine rings is 1. The van der Waals surface area contributed by atoms with Gasteiger partial charge in [-0.1, -0.05) is 18.2 Å². The first-order valence-electron chi connectivity index (χ1n) is 8.48. The SMILES string of the molecule is FC(F)(F)c1ccnc(OC2CCN(CCOc3ccccc3)CC2)n1. The number of alkyl halides is 3. The van der Waals surface area contributed by atoms with Crippen LogP contribution in [0.25, 0.3) is 0 Å². The molecule has 2 heterocycles. The molecule has 1 aromatic carbocycles. The molecule has 1 saturated heterocycles. The Balaban J connectivity index is 1.41. The minimum Gasteiger partial charge on any atom is -0.492 e. The highest BCUT2D eigenvalue weighted by Crippen LogP contribution is 2.28. The van der Waals surface area contributed by atoms with Gasteiger partial charge in [-0.05, 0) is 31.0 Å². The normalized spacial score (nSPS) is 16.4. The highest BCUT2D eigenvalue weighted by Gasteiger charge is 2.33. The zero-order valence-electron chi connectivity index (χ0n) is 14.2. The molecule has 3 rings (SSSR count). The van der Waals surface area contributed by atoms with E-state index in [9.17, 15) is 13.2 Å². The van der Waals surface area contributed by atoms with Gasteiger partial charge in [0, 0.05) is 25.8 Å². The number of benzene rings is 1. The van der Waals surface area contributed by atoms with Crippen molar-refractivity contribution in [2.45, 2.75) is 25.1 Å². The molecule has 0 N–H and O–H groups in total. The summed E-state index contributed by atoms with van der Waals surface area (Å²) in [6.07, 6.45) is -2.18. The van der Waals surface area contributed by atoms with Gasteiger partial charge in [-0.15, -0.1) is 0 Å². The Labute approximate surface area is 149 Å². The summed E-state index contributed by atoms with van der Waals surface area (Å²) < 4.78 is 49.2. The molecule has 0 unspecified atom stereocenters. The van der Waals surface area contributed by atoms with E-state index in [1.807, 2.05) is 30.3 Å². The first-order valence-corrected chi connectivity index (χ1v) is 8.48. The molecule has 0 aliphatic carbocycles. The van der Waals surface area contributed by atoms with E-state index in [0.717, 1.165) is 37.6 Å². The number of hydrogen-bond donors (Lipinski definition) is 0. The van der Waals surface area contributed by atoms with Crippen LogP contribution in [0.5, 0.6) is 11.8 Å². The van der Waals surface area contributed by atoms with Gasteiger partial charge in [0.15, 0.2) is 5.69 Å². The number of ether oxygens (including phenoxy) is 2. The van der Waals surface area contributed by atoms with Crippen molar-refractivity contribution >= 4 is 0 Å². The Morgan fingerprint density at radius 2 is 1.81 bits per heavy atom. The number of hydrogen-bond acceptors (Lipinski definition) is 5. The van der Waals surface area contributed by atoms with Crippen molar-refractivity contribution in [1.29, 1.82) is 0 Å². The van der Waals surface area contributed by atoms with Gasteiger partial charge in [-0.25, -0.2) is 4.98 Å². The minimum absolute atomic E-state index is 0.176. The van der Waals surface area contributed by atoms with Crippen LogP contribution in [0.4, 0.5) is 13.2 Å². The number of rotatable bonds is 6. The lowest BCUT2D eigenvalue weighted by atomic mass is 10.1. The van der Waals surface area contributed by atoms with Crippen molar-refractivity contribution in [3.8, 4) is 11.8 Å². The summed E-state index contributed by atoms with van der Waals surface area (Å²) in [6.45, 7) is 2.97. The third-order valence-corrected chi connectivity index (χ3v) is 4.15. The third kappa shape index (κ3) is 5.32. The van der Waals surface area contributed by atoms with Crippen molar-refractivity contribution in [2.24, 2.45) is 0 Å². The lowest BCUT2D eigenvalue weighted by Gasteiger charge is -2.31. The molecule has 0 radical (unpaired) electrons. The number of nitrogens with zero attached hydrogens (tertiary/aromatic N) is 3. The number of aromatic nitrogens is 2. The monoisotopic (exact) mass is 367 g/mol. The van der Waals surface area contributed by atoms with Gasteiger partial charge < -0.3 is 9.47 Å². The zero-order valence-corrected chi connectivity index (χ0v) is 14.2. The van der Waals surface area contributed by atoms with Crippen LogP contribution in [0.3, 0.4) is 0 Å². The molecule has 8 heteroatoms. The van der Waals surface area contributed by atoms with E-state index in [-0.39, 0.29) is 12.1 Å². The lowest BCUT2D eigenvalue weighted by Crippen LogP contribution is -2.40. The summed E-state index contributed by atoms with van der Waals surface area (Å²) in [5.74, 6) is 0.840. The van der Waals surface area contributed by atoms with Gasteiger partial charge in [0.05, 0.1) is 0 Å². The van der Waals surface area contributed by atoms with E-state index < -0.39 is 11.9 Å². The lowest BCUT2D eigenvalue weighted by molar-refractivity contribution is -0.141. The van der Waals surface area contributed by atoms with Gasteiger partial charge in [0.1, 0.15) is 18.5 Å². The summed E-state index contributed by atoms with van der Waals surface area (Å²) in [5.41, 5.74) is -0.988. The first kappa shape index (κ1) is 18.4. The standard InChI is InChI=1S/C18H20F3N3O2/c19-18(20,21)16-6-9-22-17(23-16)26-15-7-10-24(11-8-15)12-13-25-14-4-2-1-3-5-14/h1-6,9,15H,7-8,10-13H2. The van der Waals surface area contributed by atoms with Crippen LogP contribution in [0, 0.1) is 0 Å². The average molecular weight is 367 g/mol. The molecule has 0 atom stereocenters. The van der Waals surface area contributed by atoms with E-state index in [4.69, 9.17) is 9.47 Å². The Hall–Kier alpha value is -2.35. The summed E-state index contributed by atoms with van der Waals surface area (Å²) in [5, 5.41) is 0. The van der Waals surface area contributed by atoms with Crippen LogP contribution >= 0.6 is 0 Å². The summed E-state index contributed by atoms with van der Waals surface area (Å²) in [4.78, 5) is 9.48. The summed E-state index contributed by atoms with van der Waals surface area (Å²) >= 11 is 0. The van der Waals surface area contributed by atoms with Crippen molar-refractivity contribution < 1.29 is 22.6 Å². The van der Waals surface area contributed by atoms with E-state index in [1.165, 1.54) is 0 Å². The van der Waals surface area contributed by atoms with Crippen LogP contribution < -0.4 is 9.47 Å². The molecule has 140 valence electrons. The molecule has 0 saturated carbocycles. The minimum atomic E-state index is -4.50. The van der Waals surface area contributed by atoms with Crippen molar-refractivity contribution in [3.63, 3.8) is 0 Å². The quantitative estimate of drug-likeness (QED) is 0.783. The molecule has 0 amide bonds. The molecule has 1 aliphatic heterocycles. The molecule has 1 aromatic heterocycles. The van der Waals surface area contributed by atoms with Crippen molar-refractivity contribution in [1.82, 2.24) is 14.9 Å². The van der Waals surface area contributed by atoms with Crippen LogP contribution in [0.1, 0.15) is 18.5 Å². The average Bonchev–Trinajstić information content (AvgIpc) is 2.64. The first-order chi connectivity index (χ1) is 12.5. The Morgan fingerprint density at radius 3 is 2.50 bits per heavy atom. The van der Waals surface area contributed by atoms with Gasteiger partial charge in [0.2, 0.25) is 0 Å². The highest BCUT2D eigenvalue weighted by molar-refractivity contribution is 5.20. The van der Waals surface area contributed by atoms with Crippen molar-refractivity contribution in [3.05, 3.63) is 48.3 Å². The fourth-order valence-electron chi connectivity index (χ4n) is 2.76.